The van der Waals surface area contributed by atoms with Crippen molar-refractivity contribution in [3.63, 3.8) is 0 Å². The number of nitrogens with one attached hydrogen (secondary N) is 10. The molecule has 1 fully saturated rings. The number of morpholine rings is 1. The Balaban J connectivity index is 0.000000114. The molecule has 1 aliphatic rings. The number of carbonyl (C=O) groups is 1. The first-order valence-electron chi connectivity index (χ1n) is 42.2. The van der Waals surface area contributed by atoms with E-state index < -0.39 is 0 Å². The molecular weight excluding hydrogens is 1650 g/mol. The first kappa shape index (κ1) is 86.2. The molecule has 10 N–H and O–H groups in total. The van der Waals surface area contributed by atoms with E-state index in [0.29, 0.717) is 42.2 Å². The molecule has 130 heavy (non-hydrogen) atoms. The maximum atomic E-state index is 13.2. The van der Waals surface area contributed by atoms with Crippen molar-refractivity contribution in [2.45, 2.75) is 65.8 Å². The number of benzene rings is 10. The smallest absolute Gasteiger partial charge is 0.251 e. The lowest BCUT2D eigenvalue weighted by Crippen LogP contribution is -2.40. The molecule has 0 bridgehead atoms. The fourth-order valence-corrected chi connectivity index (χ4v) is 14.5. The van der Waals surface area contributed by atoms with Crippen LogP contribution in [0.3, 0.4) is 0 Å². The number of hydrogen-bond donors (Lipinski definition) is 10. The SMILES string of the molecule is CC(C)(C)NC(=O)c1cccc(-c2n[nH]c3ccc(-c4ncn[nH]4)cc23)c1.CCC(C)(C)c1nc(-c2ccc3[nH]nc(-c4ccc(F)cc4)c3c2)n[nH]1.CN(C)CCOc1ccc(-c2n[nH]c3ccc(-c4ncn[nH]4)cc23)cc1.Cc1nnc(-c2ccc3[nH]nc(-c4ccc(F)cc4)c3c2)o1.c1cc(OCCN2CCOCC2)cc(-c2n[nH]c3ccc(-c4ncn[nH]4)cc23)c1. The number of aromatic amines is 9. The van der Waals surface area contributed by atoms with Crippen molar-refractivity contribution in [1.29, 1.82) is 0 Å². The predicted octanol–water partition coefficient (Wildman–Crippen LogP) is 17.8. The second kappa shape index (κ2) is 38.5. The number of likely N-dealkylation sites (N-methyl/N-ethyl adjacent to an activating group) is 1. The third-order valence-electron chi connectivity index (χ3n) is 21.9. The average Bonchev–Trinajstić information content (AvgIpc) is 1.65. The number of rotatable bonds is 21. The largest absolute Gasteiger partial charge is 0.492 e. The van der Waals surface area contributed by atoms with E-state index in [4.69, 9.17) is 18.6 Å². The lowest BCUT2D eigenvalue weighted by Gasteiger charge is -2.26. The van der Waals surface area contributed by atoms with Crippen LogP contribution in [-0.4, -0.2) is 210 Å². The minimum atomic E-state index is -0.294. The van der Waals surface area contributed by atoms with E-state index in [1.165, 1.54) is 43.2 Å². The highest BCUT2D eigenvalue weighted by Gasteiger charge is 2.25. The van der Waals surface area contributed by atoms with Crippen LogP contribution in [0.15, 0.2) is 236 Å². The number of aromatic nitrogens is 24. The van der Waals surface area contributed by atoms with E-state index in [9.17, 15) is 13.6 Å². The van der Waals surface area contributed by atoms with Gasteiger partial charge < -0.3 is 28.8 Å². The molecule has 0 aliphatic carbocycles. The molecule has 1 amide bonds. The zero-order valence-corrected chi connectivity index (χ0v) is 72.7. The number of amides is 1. The molecular formula is C96H93F2N27O5. The molecule has 1 aliphatic heterocycles. The van der Waals surface area contributed by atoms with Crippen molar-refractivity contribution in [1.82, 2.24) is 137 Å². The minimum absolute atomic E-state index is 0.0513. The Morgan fingerprint density at radius 1 is 0.454 bits per heavy atom. The summed E-state index contributed by atoms with van der Waals surface area (Å²) in [5.41, 5.74) is 18.3. The lowest BCUT2D eigenvalue weighted by atomic mass is 9.89. The monoisotopic (exact) mass is 1740 g/mol. The Labute approximate surface area is 743 Å². The van der Waals surface area contributed by atoms with Crippen LogP contribution in [0, 0.1) is 18.6 Å². The van der Waals surface area contributed by atoms with Crippen LogP contribution in [0.4, 0.5) is 8.78 Å². The summed E-state index contributed by atoms with van der Waals surface area (Å²) >= 11 is 0. The Morgan fingerprint density at radius 2 is 0.877 bits per heavy atom. The number of carbonyl (C=O) groups excluding carboxylic acids is 1. The van der Waals surface area contributed by atoms with Crippen LogP contribution >= 0.6 is 0 Å². The number of H-pyrrole nitrogens is 9. The normalized spacial score (nSPS) is 12.3. The molecule has 0 unspecified atom stereocenters. The van der Waals surface area contributed by atoms with Crippen molar-refractivity contribution in [2.24, 2.45) is 0 Å². The Morgan fingerprint density at radius 3 is 1.32 bits per heavy atom. The Bertz CT molecular complexity index is 7180. The zero-order chi connectivity index (χ0) is 89.8. The predicted molar refractivity (Wildman–Crippen MR) is 494 cm³/mol. The quantitative estimate of drug-likeness (QED) is 0.0319. The molecule has 0 spiro atoms. The van der Waals surface area contributed by atoms with Gasteiger partial charge in [0.1, 0.15) is 66.8 Å². The Kier molecular flexibility index (Phi) is 25.5. The van der Waals surface area contributed by atoms with Crippen molar-refractivity contribution in [3.8, 4) is 125 Å². The van der Waals surface area contributed by atoms with E-state index >= 15 is 0 Å². The summed E-state index contributed by atoms with van der Waals surface area (Å²) in [6, 6.07) is 65.9. The van der Waals surface area contributed by atoms with Gasteiger partial charge in [-0.2, -0.15) is 45.9 Å². The number of halogens is 2. The van der Waals surface area contributed by atoms with Crippen LogP contribution in [0.2, 0.25) is 0 Å². The van der Waals surface area contributed by atoms with Crippen LogP contribution in [-0.2, 0) is 10.2 Å². The first-order chi connectivity index (χ1) is 63.2. The van der Waals surface area contributed by atoms with Crippen LogP contribution in [0.25, 0.3) is 168 Å². The van der Waals surface area contributed by atoms with E-state index in [0.717, 1.165) is 213 Å². The number of fused-ring (bicyclic) bond motifs is 5. The van der Waals surface area contributed by atoms with E-state index in [-0.39, 0.29) is 28.5 Å². The summed E-state index contributed by atoms with van der Waals surface area (Å²) in [5, 5.41) is 81.1. The minimum Gasteiger partial charge on any atom is -0.492 e. The summed E-state index contributed by atoms with van der Waals surface area (Å²) < 4.78 is 48.9. The van der Waals surface area contributed by atoms with Gasteiger partial charge in [0.25, 0.3) is 5.91 Å². The molecule has 0 radical (unpaired) electrons. The van der Waals surface area contributed by atoms with Gasteiger partial charge in [0.2, 0.25) is 11.8 Å². The second-order valence-electron chi connectivity index (χ2n) is 32.8. The lowest BCUT2D eigenvalue weighted by molar-refractivity contribution is 0.0322. The summed E-state index contributed by atoms with van der Waals surface area (Å²) in [4.78, 5) is 34.3. The zero-order valence-electron chi connectivity index (χ0n) is 72.7. The van der Waals surface area contributed by atoms with Crippen LogP contribution < -0.4 is 14.8 Å². The highest BCUT2D eigenvalue weighted by molar-refractivity contribution is 6.01. The second-order valence-corrected chi connectivity index (χ2v) is 32.8. The number of hydrogen-bond acceptors (Lipinski definition) is 22. The molecule has 21 rings (SSSR count). The van der Waals surface area contributed by atoms with Gasteiger partial charge in [-0.15, -0.1) is 10.2 Å². The van der Waals surface area contributed by atoms with Gasteiger partial charge in [-0.05, 0) is 229 Å². The average molecular weight is 1740 g/mol. The molecule has 0 atom stereocenters. The maximum Gasteiger partial charge on any atom is 0.251 e. The highest BCUT2D eigenvalue weighted by atomic mass is 19.1. The van der Waals surface area contributed by atoms with E-state index in [1.54, 1.807) is 37.3 Å². The van der Waals surface area contributed by atoms with Gasteiger partial charge in [-0.1, -0.05) is 45.0 Å². The number of nitrogens with zero attached hydrogens (tertiary/aromatic N) is 17. The van der Waals surface area contributed by atoms with Gasteiger partial charge in [-0.25, -0.2) is 28.7 Å². The molecule has 20 aromatic rings. The van der Waals surface area contributed by atoms with Gasteiger partial charge >= 0.3 is 0 Å². The summed E-state index contributed by atoms with van der Waals surface area (Å²) in [6.07, 6.45) is 5.46. The number of aryl methyl sites for hydroxylation is 1. The fourth-order valence-electron chi connectivity index (χ4n) is 14.5. The van der Waals surface area contributed by atoms with Crippen LogP contribution in [0.1, 0.15) is 70.0 Å². The molecule has 11 heterocycles. The fraction of sp³-hybridized carbons (Fsp3) is 0.208. The van der Waals surface area contributed by atoms with Crippen molar-refractivity contribution in [3.05, 3.63) is 260 Å². The van der Waals surface area contributed by atoms with Gasteiger partial charge in [0.05, 0.1) is 63.6 Å². The van der Waals surface area contributed by atoms with Crippen LogP contribution in [0.5, 0.6) is 11.5 Å². The highest BCUT2D eigenvalue weighted by Crippen LogP contribution is 2.38. The van der Waals surface area contributed by atoms with E-state index in [1.807, 2.05) is 180 Å². The Hall–Kier alpha value is -15.9. The molecule has 656 valence electrons. The molecule has 1 saturated heterocycles. The van der Waals surface area contributed by atoms with Crippen molar-refractivity contribution in [2.75, 3.05) is 66.7 Å². The third kappa shape index (κ3) is 20.3. The molecule has 10 aromatic heterocycles. The van der Waals surface area contributed by atoms with Gasteiger partial charge in [0, 0.05) is 132 Å². The van der Waals surface area contributed by atoms with Gasteiger partial charge in [0.15, 0.2) is 23.3 Å². The number of ether oxygens (including phenoxy) is 3. The molecule has 32 nitrogen and oxygen atoms in total. The maximum absolute atomic E-state index is 13.2. The summed E-state index contributed by atoms with van der Waals surface area (Å²) in [5.74, 6) is 5.75. The first-order valence-corrected chi connectivity index (χ1v) is 42.2. The summed E-state index contributed by atoms with van der Waals surface area (Å²) in [6.45, 7) is 20.7. The molecule has 10 aromatic carbocycles. The molecule has 34 heteroatoms. The van der Waals surface area contributed by atoms with E-state index in [2.05, 4.69) is 170 Å². The third-order valence-corrected chi connectivity index (χ3v) is 21.9. The van der Waals surface area contributed by atoms with Crippen molar-refractivity contribution < 1.29 is 32.2 Å². The van der Waals surface area contributed by atoms with Crippen molar-refractivity contribution >= 4 is 60.4 Å². The topological polar surface area (TPSA) is 412 Å². The van der Waals surface area contributed by atoms with Gasteiger partial charge in [-0.3, -0.25) is 55.6 Å². The summed E-state index contributed by atoms with van der Waals surface area (Å²) in [7, 11) is 4.06. The molecule has 0 saturated carbocycles. The standard InChI is InChI=1S/C21H22N6O2.C20H20FN5.C20H20N6O.C19H20N6O.C16H11FN4O/c1-2-15(12-17(3-1)29-11-8-27-6-9-28-10-7-27)20-18-13-16(21-22-14-23-26-21)4-5-19(18)24-25-20;1-4-20(2,3)19-22-18(25-26-19)13-7-10-16-15(11-13)17(24-23-16)12-5-8-14(21)9-6-12;1-20(2,3)23-19(27)14-6-4-5-12(9-14)17-15-10-13(18-21-11-22-26-18)7-8-16(15)24-25-17;1-25(2)9-10-26-15-6-3-13(4-7-15)18-16-11-14(19-20-12-21-24-19)5-8-17(16)22-23-18;1-9-18-21-16(22-9)11-4-7-14-13(8-11)15(20-19-14)10-2-5-12(17)6-3-10/h1-5,12-14H,6-11H2,(H,24,25)(H,22,23,26);5-11H,4H2,1-3H3,(H,23,24)(H,22,25,26);4-11H,1-3H3,(H,23,27)(H,24,25)(H,21,22,26);3-8,11-12H,9-10H2,1-2H3,(H,22,23)(H,20,21,24);2-8H,1H3,(H,19,20).